The lowest BCUT2D eigenvalue weighted by molar-refractivity contribution is 0.443. The molecule has 0 amide bonds. The number of rotatable bonds is 3. The van der Waals surface area contributed by atoms with Gasteiger partial charge in [0.2, 0.25) is 0 Å². The minimum atomic E-state index is -4.60. The third kappa shape index (κ3) is 5.09. The summed E-state index contributed by atoms with van der Waals surface area (Å²) in [7, 11) is -9.08. The summed E-state index contributed by atoms with van der Waals surface area (Å²) in [6.45, 7) is 0.864. The van der Waals surface area contributed by atoms with Gasteiger partial charge in [0.05, 0.1) is 0 Å². The fourth-order valence-electron chi connectivity index (χ4n) is 0.271. The van der Waals surface area contributed by atoms with Gasteiger partial charge in [-0.3, -0.25) is 9.11 Å². The van der Waals surface area contributed by atoms with E-state index in [2.05, 4.69) is 0 Å². The van der Waals surface area contributed by atoms with Crippen LogP contribution in [0.25, 0.3) is 0 Å². The van der Waals surface area contributed by atoms with Crippen LogP contribution in [0.5, 0.6) is 0 Å². The van der Waals surface area contributed by atoms with Crippen LogP contribution in [0.15, 0.2) is 0 Å². The second-order valence-electron chi connectivity index (χ2n) is 1.75. The third-order valence-electron chi connectivity index (χ3n) is 0.762. The number of nitrogens with one attached hydrogen (secondary N) is 1. The topological polar surface area (TPSA) is 121 Å². The second kappa shape index (κ2) is 3.03. The Bertz CT molecular complexity index is 312. The highest BCUT2D eigenvalue weighted by atomic mass is 32.2. The maximum Gasteiger partial charge on any atom is 0.334 e. The first-order valence-corrected chi connectivity index (χ1v) is 5.28. The molecule has 3 N–H and O–H groups in total. The van der Waals surface area contributed by atoms with E-state index in [1.807, 2.05) is 0 Å². The van der Waals surface area contributed by atoms with Crippen LogP contribution in [0.1, 0.15) is 6.92 Å². The highest BCUT2D eigenvalue weighted by Crippen LogP contribution is 1.93. The van der Waals surface area contributed by atoms with Gasteiger partial charge in [-0.15, -0.1) is 0 Å². The SMILES string of the molecule is CC(NS(=O)(=O)O)S(=O)(=O)O. The predicted molar refractivity (Wildman–Crippen MR) is 35.7 cm³/mol. The Labute approximate surface area is 64.0 Å². The molecule has 0 bridgehead atoms. The Morgan fingerprint density at radius 2 is 1.55 bits per heavy atom. The van der Waals surface area contributed by atoms with Gasteiger partial charge in [0, 0.05) is 0 Å². The minimum Gasteiger partial charge on any atom is -0.284 e. The second-order valence-corrected chi connectivity index (χ2v) is 4.67. The molecule has 0 aromatic rings. The Balaban J connectivity index is 4.47. The fourth-order valence-corrected chi connectivity index (χ4v) is 1.54. The van der Waals surface area contributed by atoms with E-state index < -0.39 is 25.8 Å². The predicted octanol–water partition coefficient (Wildman–Crippen LogP) is -1.39. The molecule has 0 aliphatic rings. The fraction of sp³-hybridized carbons (Fsp3) is 1.00. The van der Waals surface area contributed by atoms with Crippen molar-refractivity contribution in [2.24, 2.45) is 0 Å². The zero-order chi connectivity index (χ0) is 9.28. The molecule has 0 spiro atoms. The zero-order valence-corrected chi connectivity index (χ0v) is 7.05. The standard InChI is InChI=1S/C2H7NO6S2/c1-2(10(4,5)6)3-11(7,8)9/h2-3H,1H3,(H,4,5,6)(H,7,8,9). The van der Waals surface area contributed by atoms with Crippen LogP contribution < -0.4 is 4.72 Å². The van der Waals surface area contributed by atoms with Gasteiger partial charge in [-0.25, -0.2) is 0 Å². The first-order valence-electron chi connectivity index (χ1n) is 2.34. The highest BCUT2D eigenvalue weighted by Gasteiger charge is 2.21. The maximum atomic E-state index is 10.1. The average Bonchev–Trinajstić information content (AvgIpc) is 1.56. The van der Waals surface area contributed by atoms with Gasteiger partial charge in [0.25, 0.3) is 10.1 Å². The molecule has 0 saturated carbocycles. The summed E-state index contributed by atoms with van der Waals surface area (Å²) in [6.07, 6.45) is 0. The van der Waals surface area contributed by atoms with Crippen molar-refractivity contribution in [3.05, 3.63) is 0 Å². The molecule has 1 atom stereocenters. The Morgan fingerprint density at radius 3 is 1.64 bits per heavy atom. The molecule has 0 rings (SSSR count). The van der Waals surface area contributed by atoms with Crippen molar-refractivity contribution < 1.29 is 25.9 Å². The quantitative estimate of drug-likeness (QED) is 0.488. The van der Waals surface area contributed by atoms with Crippen LogP contribution in [0.4, 0.5) is 0 Å². The maximum absolute atomic E-state index is 10.1. The van der Waals surface area contributed by atoms with Crippen molar-refractivity contribution in [2.75, 3.05) is 0 Å². The smallest absolute Gasteiger partial charge is 0.284 e. The molecule has 1 unspecified atom stereocenters. The molecule has 0 radical (unpaired) electrons. The van der Waals surface area contributed by atoms with Crippen LogP contribution in [0.2, 0.25) is 0 Å². The van der Waals surface area contributed by atoms with Crippen molar-refractivity contribution in [2.45, 2.75) is 12.3 Å². The van der Waals surface area contributed by atoms with Gasteiger partial charge in [0.1, 0.15) is 5.37 Å². The van der Waals surface area contributed by atoms with Crippen LogP contribution in [-0.2, 0) is 20.4 Å². The minimum absolute atomic E-state index is 0.864. The molecule has 0 heterocycles. The molecule has 7 nitrogen and oxygen atoms in total. The van der Waals surface area contributed by atoms with Gasteiger partial charge in [0.15, 0.2) is 0 Å². The summed E-state index contributed by atoms with van der Waals surface area (Å²) in [5, 5.41) is -1.75. The van der Waals surface area contributed by atoms with E-state index >= 15 is 0 Å². The molecule has 0 aliphatic heterocycles. The van der Waals surface area contributed by atoms with Crippen LogP contribution in [0, 0.1) is 0 Å². The molecule has 68 valence electrons. The van der Waals surface area contributed by atoms with E-state index in [4.69, 9.17) is 9.11 Å². The van der Waals surface area contributed by atoms with E-state index in [1.54, 1.807) is 0 Å². The lowest BCUT2D eigenvalue weighted by Gasteiger charge is -2.05. The largest absolute Gasteiger partial charge is 0.334 e. The van der Waals surface area contributed by atoms with E-state index in [-0.39, 0.29) is 0 Å². The van der Waals surface area contributed by atoms with Crippen LogP contribution >= 0.6 is 0 Å². The lowest BCUT2D eigenvalue weighted by atomic mass is 10.8. The first kappa shape index (κ1) is 10.8. The summed E-state index contributed by atoms with van der Waals surface area (Å²) in [5.74, 6) is 0. The van der Waals surface area contributed by atoms with Crippen molar-refractivity contribution in [3.8, 4) is 0 Å². The van der Waals surface area contributed by atoms with Crippen molar-refractivity contribution in [3.63, 3.8) is 0 Å². The molecule has 0 saturated heterocycles. The summed E-state index contributed by atoms with van der Waals surface area (Å²) >= 11 is 0. The van der Waals surface area contributed by atoms with Gasteiger partial charge in [-0.1, -0.05) is 0 Å². The Kier molecular flexibility index (Phi) is 2.97. The molecule has 0 aliphatic carbocycles. The van der Waals surface area contributed by atoms with E-state index in [1.165, 1.54) is 4.72 Å². The first-order chi connectivity index (χ1) is 4.63. The molecular weight excluding hydrogens is 198 g/mol. The monoisotopic (exact) mass is 205 g/mol. The van der Waals surface area contributed by atoms with Gasteiger partial charge < -0.3 is 0 Å². The van der Waals surface area contributed by atoms with E-state index in [9.17, 15) is 16.8 Å². The van der Waals surface area contributed by atoms with Gasteiger partial charge in [-0.2, -0.15) is 21.6 Å². The summed E-state index contributed by atoms with van der Waals surface area (Å²) < 4.78 is 57.6. The zero-order valence-electron chi connectivity index (χ0n) is 5.42. The average molecular weight is 205 g/mol. The molecular formula is C2H7NO6S2. The van der Waals surface area contributed by atoms with Gasteiger partial charge in [-0.05, 0) is 6.92 Å². The molecule has 0 aromatic heterocycles. The normalized spacial score (nSPS) is 16.3. The van der Waals surface area contributed by atoms with Crippen LogP contribution in [0.3, 0.4) is 0 Å². The van der Waals surface area contributed by atoms with Gasteiger partial charge >= 0.3 is 10.3 Å². The third-order valence-corrected chi connectivity index (χ3v) is 2.57. The summed E-state index contributed by atoms with van der Waals surface area (Å²) in [6, 6.07) is 0. The van der Waals surface area contributed by atoms with Crippen molar-refractivity contribution >= 4 is 20.4 Å². The summed E-state index contributed by atoms with van der Waals surface area (Å²) in [4.78, 5) is 0. The summed E-state index contributed by atoms with van der Waals surface area (Å²) in [5.41, 5.74) is 0. The number of hydrogen-bond acceptors (Lipinski definition) is 4. The molecule has 0 fully saturated rings. The molecule has 0 aromatic carbocycles. The van der Waals surface area contributed by atoms with E-state index in [0.29, 0.717) is 0 Å². The molecule has 11 heavy (non-hydrogen) atoms. The van der Waals surface area contributed by atoms with E-state index in [0.717, 1.165) is 6.92 Å². The lowest BCUT2D eigenvalue weighted by Crippen LogP contribution is -2.37. The Hall–Kier alpha value is -0.220. The molecule has 9 heteroatoms. The van der Waals surface area contributed by atoms with Crippen molar-refractivity contribution in [1.29, 1.82) is 0 Å². The van der Waals surface area contributed by atoms with Crippen LogP contribution in [-0.4, -0.2) is 31.3 Å². The Morgan fingerprint density at radius 1 is 1.18 bits per heavy atom. The number of hydrogen-bond donors (Lipinski definition) is 3. The van der Waals surface area contributed by atoms with Crippen molar-refractivity contribution in [1.82, 2.24) is 4.72 Å². The highest BCUT2D eigenvalue weighted by molar-refractivity contribution is 7.88.